The first-order valence-electron chi connectivity index (χ1n) is 7.91. The fraction of sp³-hybridized carbons (Fsp3) is 0.647. The highest BCUT2D eigenvalue weighted by Gasteiger charge is 2.42. The average Bonchev–Trinajstić information content (AvgIpc) is 2.71. The van der Waals surface area contributed by atoms with Crippen molar-refractivity contribution < 1.29 is 4.74 Å². The van der Waals surface area contributed by atoms with Gasteiger partial charge < -0.3 is 15.8 Å². The molecule has 4 nitrogen and oxygen atoms in total. The quantitative estimate of drug-likeness (QED) is 0.748. The van der Waals surface area contributed by atoms with Crippen molar-refractivity contribution in [3.63, 3.8) is 0 Å². The molecule has 0 amide bonds. The number of ether oxygens (including phenoxy) is 1. The molecule has 2 aliphatic heterocycles. The molecule has 3 aliphatic rings. The number of halogens is 3. The Kier molecular flexibility index (Phi) is 8.67. The van der Waals surface area contributed by atoms with Crippen molar-refractivity contribution in [2.75, 3.05) is 32.7 Å². The molecule has 1 saturated heterocycles. The first kappa shape index (κ1) is 23.6. The molecule has 140 valence electrons. The second-order valence-corrected chi connectivity index (χ2v) is 6.87. The molecule has 24 heavy (non-hydrogen) atoms. The maximum atomic E-state index is 6.61. The van der Waals surface area contributed by atoms with Crippen LogP contribution < -0.4 is 11.1 Å². The summed E-state index contributed by atoms with van der Waals surface area (Å²) in [6.45, 7) is 13.9. The number of nitrogens with one attached hydrogen (secondary N) is 1. The van der Waals surface area contributed by atoms with Gasteiger partial charge in [-0.1, -0.05) is 6.92 Å². The average molecular weight is 399 g/mol. The van der Waals surface area contributed by atoms with E-state index in [4.69, 9.17) is 10.5 Å². The van der Waals surface area contributed by atoms with Gasteiger partial charge in [0.25, 0.3) is 0 Å². The van der Waals surface area contributed by atoms with Crippen molar-refractivity contribution in [2.45, 2.75) is 34.1 Å². The van der Waals surface area contributed by atoms with Gasteiger partial charge in [-0.2, -0.15) is 0 Å². The summed E-state index contributed by atoms with van der Waals surface area (Å²) in [6.07, 6.45) is 0.995. The van der Waals surface area contributed by atoms with E-state index in [-0.39, 0.29) is 42.6 Å². The van der Waals surface area contributed by atoms with Gasteiger partial charge in [-0.05, 0) is 32.8 Å². The van der Waals surface area contributed by atoms with Crippen LogP contribution in [0.5, 0.6) is 0 Å². The lowest BCUT2D eigenvalue weighted by molar-refractivity contribution is 0.173. The minimum Gasteiger partial charge on any atom is -0.466 e. The molecule has 1 unspecified atom stereocenters. The molecule has 0 radical (unpaired) electrons. The van der Waals surface area contributed by atoms with Gasteiger partial charge in [0.2, 0.25) is 0 Å². The van der Waals surface area contributed by atoms with Gasteiger partial charge in [-0.3, -0.25) is 4.90 Å². The van der Waals surface area contributed by atoms with E-state index < -0.39 is 0 Å². The maximum absolute atomic E-state index is 6.61. The lowest BCUT2D eigenvalue weighted by Gasteiger charge is -2.35. The minimum atomic E-state index is 0. The van der Waals surface area contributed by atoms with Gasteiger partial charge in [0.05, 0.1) is 0 Å². The second-order valence-electron chi connectivity index (χ2n) is 6.87. The zero-order chi connectivity index (χ0) is 15.2. The molecule has 3 N–H and O–H groups in total. The van der Waals surface area contributed by atoms with Gasteiger partial charge in [-0.15, -0.1) is 37.2 Å². The molecule has 1 aliphatic carbocycles. The summed E-state index contributed by atoms with van der Waals surface area (Å²) in [4.78, 5) is 2.53. The van der Waals surface area contributed by atoms with Crippen LogP contribution in [0.4, 0.5) is 0 Å². The smallest absolute Gasteiger partial charge is 0.104 e. The largest absolute Gasteiger partial charge is 0.466 e. The predicted octanol–water partition coefficient (Wildman–Crippen LogP) is 3.38. The van der Waals surface area contributed by atoms with Crippen LogP contribution in [0, 0.1) is 5.41 Å². The first-order valence-corrected chi connectivity index (χ1v) is 7.91. The third kappa shape index (κ3) is 4.05. The van der Waals surface area contributed by atoms with Crippen LogP contribution in [0.25, 0.3) is 0 Å². The molecule has 0 spiro atoms. The number of hydrogen-bond acceptors (Lipinski definition) is 4. The van der Waals surface area contributed by atoms with E-state index in [1.807, 2.05) is 6.92 Å². The van der Waals surface area contributed by atoms with Crippen molar-refractivity contribution in [3.05, 3.63) is 33.9 Å². The van der Waals surface area contributed by atoms with Crippen molar-refractivity contribution >= 4 is 37.2 Å². The summed E-state index contributed by atoms with van der Waals surface area (Å²) in [7, 11) is 0. The van der Waals surface area contributed by atoms with Crippen molar-refractivity contribution in [1.29, 1.82) is 0 Å². The Morgan fingerprint density at radius 3 is 2.25 bits per heavy atom. The molecule has 7 heteroatoms. The van der Waals surface area contributed by atoms with Crippen LogP contribution in [0.3, 0.4) is 0 Å². The standard InChI is InChI=1S/C17H27N3O.3ClH/c1-11-12(2)21-13(3)14-9-17(4,16(18)15(11)14)10-20-7-5-19-6-8-20;;;/h19H,5-10,18H2,1-4H3;3*1H. The van der Waals surface area contributed by atoms with Crippen LogP contribution >= 0.6 is 37.2 Å². The highest BCUT2D eigenvalue weighted by molar-refractivity contribution is 5.86. The molecule has 0 aromatic heterocycles. The number of hydrogen-bond donors (Lipinski definition) is 2. The monoisotopic (exact) mass is 397 g/mol. The van der Waals surface area contributed by atoms with Crippen LogP contribution in [0.2, 0.25) is 0 Å². The Balaban J connectivity index is 0.00000176. The van der Waals surface area contributed by atoms with Gasteiger partial charge in [0, 0.05) is 55.0 Å². The normalized spacial score (nSPS) is 27.0. The van der Waals surface area contributed by atoms with Crippen LogP contribution in [0.1, 0.15) is 34.1 Å². The zero-order valence-corrected chi connectivity index (χ0v) is 17.3. The Morgan fingerprint density at radius 2 is 1.67 bits per heavy atom. The van der Waals surface area contributed by atoms with E-state index in [2.05, 4.69) is 31.0 Å². The lowest BCUT2D eigenvalue weighted by atomic mass is 9.85. The molecular weight excluding hydrogens is 369 g/mol. The number of rotatable bonds is 2. The predicted molar refractivity (Wildman–Crippen MR) is 107 cm³/mol. The van der Waals surface area contributed by atoms with Gasteiger partial charge in [-0.25, -0.2) is 0 Å². The number of fused-ring (bicyclic) bond motifs is 1. The SMILES string of the molecule is CC1=C(C)C2=C(N)C(C)(CN3CCNCC3)CC2=C(C)O1.Cl.Cl.Cl. The molecule has 1 atom stereocenters. The summed E-state index contributed by atoms with van der Waals surface area (Å²) in [5, 5.41) is 3.41. The lowest BCUT2D eigenvalue weighted by Crippen LogP contribution is -2.48. The van der Waals surface area contributed by atoms with Crippen LogP contribution in [-0.2, 0) is 4.74 Å². The summed E-state index contributed by atoms with van der Waals surface area (Å²) in [5.74, 6) is 2.01. The number of piperazine rings is 1. The van der Waals surface area contributed by atoms with Gasteiger partial charge >= 0.3 is 0 Å². The second kappa shape index (κ2) is 8.81. The summed E-state index contributed by atoms with van der Waals surface area (Å²) in [5.41, 5.74) is 11.5. The molecule has 1 fully saturated rings. The van der Waals surface area contributed by atoms with Crippen LogP contribution in [-0.4, -0.2) is 37.6 Å². The third-order valence-electron chi connectivity index (χ3n) is 5.20. The molecule has 3 rings (SSSR count). The van der Waals surface area contributed by atoms with E-state index in [0.29, 0.717) is 0 Å². The molecule has 0 aromatic rings. The molecule has 2 heterocycles. The Hall–Kier alpha value is -0.390. The van der Waals surface area contributed by atoms with Gasteiger partial charge in [0.1, 0.15) is 11.5 Å². The summed E-state index contributed by atoms with van der Waals surface area (Å²) >= 11 is 0. The molecular formula is C17H30Cl3N3O. The minimum absolute atomic E-state index is 0. The van der Waals surface area contributed by atoms with Gasteiger partial charge in [0.15, 0.2) is 0 Å². The Bertz CT molecular complexity index is 565. The number of allylic oxidation sites excluding steroid dienone is 5. The highest BCUT2D eigenvalue weighted by atomic mass is 35.5. The first-order chi connectivity index (χ1) is 9.92. The third-order valence-corrected chi connectivity index (χ3v) is 5.20. The summed E-state index contributed by atoms with van der Waals surface area (Å²) in [6, 6.07) is 0. The van der Waals surface area contributed by atoms with Crippen molar-refractivity contribution in [3.8, 4) is 0 Å². The van der Waals surface area contributed by atoms with Crippen molar-refractivity contribution in [1.82, 2.24) is 10.2 Å². The highest BCUT2D eigenvalue weighted by Crippen LogP contribution is 2.50. The number of nitrogens with two attached hydrogens (primary N) is 1. The molecule has 0 bridgehead atoms. The maximum Gasteiger partial charge on any atom is 0.104 e. The zero-order valence-electron chi connectivity index (χ0n) is 14.9. The molecule has 0 aromatic carbocycles. The van der Waals surface area contributed by atoms with E-state index in [0.717, 1.165) is 56.4 Å². The van der Waals surface area contributed by atoms with E-state index in [9.17, 15) is 0 Å². The van der Waals surface area contributed by atoms with E-state index >= 15 is 0 Å². The summed E-state index contributed by atoms with van der Waals surface area (Å²) < 4.78 is 5.89. The topological polar surface area (TPSA) is 50.5 Å². The fourth-order valence-corrected chi connectivity index (χ4v) is 3.81. The van der Waals surface area contributed by atoms with E-state index in [1.54, 1.807) is 0 Å². The molecule has 0 saturated carbocycles. The Labute approximate surface area is 164 Å². The Morgan fingerprint density at radius 1 is 1.08 bits per heavy atom. The fourth-order valence-electron chi connectivity index (χ4n) is 3.81. The number of nitrogens with zero attached hydrogens (tertiary/aromatic N) is 1. The van der Waals surface area contributed by atoms with E-state index in [1.165, 1.54) is 16.7 Å². The van der Waals surface area contributed by atoms with Crippen LogP contribution in [0.15, 0.2) is 33.9 Å². The van der Waals surface area contributed by atoms with Crippen molar-refractivity contribution in [2.24, 2.45) is 11.1 Å².